The lowest BCUT2D eigenvalue weighted by atomic mass is 9.85. The van der Waals surface area contributed by atoms with E-state index in [1.165, 1.54) is 53.3 Å². The number of carbonyl (C=O) groups excluding carboxylic acids is 3. The highest BCUT2D eigenvalue weighted by Crippen LogP contribution is 2.30. The second-order valence-electron chi connectivity index (χ2n) is 8.04. The van der Waals surface area contributed by atoms with Gasteiger partial charge in [-0.25, -0.2) is 9.37 Å². The van der Waals surface area contributed by atoms with Crippen molar-refractivity contribution in [3.05, 3.63) is 66.3 Å². The van der Waals surface area contributed by atoms with Crippen molar-refractivity contribution < 1.29 is 31.9 Å². The number of nitrogens with one attached hydrogen (secondary N) is 2. The van der Waals surface area contributed by atoms with E-state index >= 15 is 0 Å². The van der Waals surface area contributed by atoms with E-state index in [9.17, 15) is 31.9 Å². The predicted octanol–water partition coefficient (Wildman–Crippen LogP) is 1.66. The monoisotopic (exact) mass is 492 g/mol. The van der Waals surface area contributed by atoms with Crippen molar-refractivity contribution in [3.63, 3.8) is 0 Å². The Morgan fingerprint density at radius 1 is 1.11 bits per heavy atom. The van der Waals surface area contributed by atoms with E-state index in [-0.39, 0.29) is 24.7 Å². The zero-order valence-corrected chi connectivity index (χ0v) is 18.1. The fourth-order valence-electron chi connectivity index (χ4n) is 4.11. The van der Waals surface area contributed by atoms with Crippen molar-refractivity contribution >= 4 is 23.2 Å². The van der Waals surface area contributed by atoms with E-state index in [2.05, 4.69) is 15.3 Å². The molecule has 2 atom stereocenters. The molecule has 9 nitrogen and oxygen atoms in total. The highest BCUT2D eigenvalue weighted by atomic mass is 19.4. The number of hydrogen-bond donors (Lipinski definition) is 2. The molecule has 13 heteroatoms. The summed E-state index contributed by atoms with van der Waals surface area (Å²) in [5.41, 5.74) is 1.42. The molecule has 1 fully saturated rings. The van der Waals surface area contributed by atoms with Gasteiger partial charge in [-0.15, -0.1) is 0 Å². The van der Waals surface area contributed by atoms with Gasteiger partial charge in [0.1, 0.15) is 11.5 Å². The Balaban J connectivity index is 1.53. The van der Waals surface area contributed by atoms with Gasteiger partial charge in [0.25, 0.3) is 5.91 Å². The van der Waals surface area contributed by atoms with E-state index in [0.717, 1.165) is 0 Å². The summed E-state index contributed by atoms with van der Waals surface area (Å²) in [7, 11) is 0. The van der Waals surface area contributed by atoms with Crippen LogP contribution in [0.4, 0.5) is 17.6 Å². The smallest absolute Gasteiger partial charge is 0.349 e. The number of aromatic nitrogens is 3. The van der Waals surface area contributed by atoms with Crippen molar-refractivity contribution in [1.82, 2.24) is 29.9 Å². The summed E-state index contributed by atoms with van der Waals surface area (Å²) >= 11 is 0. The fraction of sp³-hybridized carbons (Fsp3) is 0.318. The summed E-state index contributed by atoms with van der Waals surface area (Å²) in [4.78, 5) is 46.2. The van der Waals surface area contributed by atoms with Crippen molar-refractivity contribution in [1.29, 1.82) is 0 Å². The Hall–Kier alpha value is -4.03. The van der Waals surface area contributed by atoms with Crippen LogP contribution in [0.25, 0.3) is 5.52 Å². The first-order valence-corrected chi connectivity index (χ1v) is 10.6. The van der Waals surface area contributed by atoms with Crippen LogP contribution in [0.5, 0.6) is 0 Å². The first-order chi connectivity index (χ1) is 16.6. The molecule has 184 valence electrons. The van der Waals surface area contributed by atoms with Gasteiger partial charge in [0.2, 0.25) is 5.91 Å². The van der Waals surface area contributed by atoms with E-state index in [1.54, 1.807) is 10.5 Å². The summed E-state index contributed by atoms with van der Waals surface area (Å²) in [6.07, 6.45) is 1.15. The number of rotatable bonds is 5. The molecule has 0 bridgehead atoms. The average molecular weight is 492 g/mol. The van der Waals surface area contributed by atoms with Crippen LogP contribution in [0.15, 0.2) is 49.2 Å². The van der Waals surface area contributed by atoms with E-state index < -0.39 is 42.3 Å². The molecule has 3 amide bonds. The quantitative estimate of drug-likeness (QED) is 0.527. The summed E-state index contributed by atoms with van der Waals surface area (Å²) in [6, 6.07) is 5.01. The van der Waals surface area contributed by atoms with Crippen LogP contribution in [0.2, 0.25) is 0 Å². The Labute approximate surface area is 196 Å². The van der Waals surface area contributed by atoms with Gasteiger partial charge < -0.3 is 15.5 Å². The number of amides is 3. The van der Waals surface area contributed by atoms with Crippen LogP contribution in [0, 0.1) is 5.82 Å². The summed E-state index contributed by atoms with van der Waals surface area (Å²) in [5.74, 6) is -4.40. The summed E-state index contributed by atoms with van der Waals surface area (Å²) in [6.45, 7) is -0.622. The average Bonchev–Trinajstić information content (AvgIpc) is 3.30. The number of halogens is 4. The minimum atomic E-state index is -5.12. The SMILES string of the molecule is O=C(CNC(=O)C(F)(F)F)NC1CN(C(=O)c2cncc3cncn23)CCC1c1cccc(F)c1. The van der Waals surface area contributed by atoms with Crippen LogP contribution in [-0.4, -0.2) is 68.8 Å². The van der Waals surface area contributed by atoms with E-state index in [4.69, 9.17) is 0 Å². The van der Waals surface area contributed by atoms with Crippen LogP contribution < -0.4 is 10.6 Å². The topological polar surface area (TPSA) is 109 Å². The lowest BCUT2D eigenvalue weighted by molar-refractivity contribution is -0.173. The summed E-state index contributed by atoms with van der Waals surface area (Å²) < 4.78 is 52.7. The molecule has 2 aromatic heterocycles. The van der Waals surface area contributed by atoms with Gasteiger partial charge in [-0.05, 0) is 24.1 Å². The molecule has 4 rings (SSSR count). The molecule has 2 unspecified atom stereocenters. The van der Waals surface area contributed by atoms with Gasteiger partial charge in [0, 0.05) is 19.0 Å². The lowest BCUT2D eigenvalue weighted by Gasteiger charge is -2.39. The van der Waals surface area contributed by atoms with E-state index in [0.29, 0.717) is 17.5 Å². The van der Waals surface area contributed by atoms with Crippen LogP contribution in [0.3, 0.4) is 0 Å². The molecule has 1 aliphatic heterocycles. The number of hydrogen-bond acceptors (Lipinski definition) is 5. The second-order valence-corrected chi connectivity index (χ2v) is 8.04. The number of benzene rings is 1. The van der Waals surface area contributed by atoms with Crippen LogP contribution in [0.1, 0.15) is 28.4 Å². The highest BCUT2D eigenvalue weighted by molar-refractivity contribution is 5.93. The number of likely N-dealkylation sites (tertiary alicyclic amines) is 1. The molecule has 1 aliphatic rings. The minimum absolute atomic E-state index is 0.00402. The Morgan fingerprint density at radius 2 is 1.89 bits per heavy atom. The molecule has 35 heavy (non-hydrogen) atoms. The maximum absolute atomic E-state index is 13.9. The fourth-order valence-corrected chi connectivity index (χ4v) is 4.11. The number of carbonyl (C=O) groups is 3. The zero-order chi connectivity index (χ0) is 25.2. The Bertz CT molecular complexity index is 1260. The first kappa shape index (κ1) is 24.1. The van der Waals surface area contributed by atoms with Crippen molar-refractivity contribution in [3.8, 4) is 0 Å². The zero-order valence-electron chi connectivity index (χ0n) is 18.1. The van der Waals surface area contributed by atoms with Crippen molar-refractivity contribution in [2.45, 2.75) is 24.6 Å². The maximum atomic E-state index is 13.9. The number of imidazole rings is 1. The molecule has 0 aliphatic carbocycles. The third kappa shape index (κ3) is 5.39. The summed E-state index contributed by atoms with van der Waals surface area (Å²) in [5, 5.41) is 4.11. The van der Waals surface area contributed by atoms with Crippen molar-refractivity contribution in [2.24, 2.45) is 0 Å². The minimum Gasteiger partial charge on any atom is -0.349 e. The molecular formula is C22H20F4N6O3. The number of fused-ring (bicyclic) bond motifs is 1. The first-order valence-electron chi connectivity index (χ1n) is 10.6. The third-order valence-corrected chi connectivity index (χ3v) is 5.74. The maximum Gasteiger partial charge on any atom is 0.471 e. The largest absolute Gasteiger partial charge is 0.471 e. The van der Waals surface area contributed by atoms with Gasteiger partial charge in [-0.3, -0.25) is 23.8 Å². The number of piperidine rings is 1. The second kappa shape index (κ2) is 9.68. The standard InChI is InChI=1S/C22H20F4N6O3/c23-14-3-1-2-13(6-14)16-4-5-31(20(34)18-9-27-7-15-8-28-12-32(15)18)11-17(16)30-19(33)10-29-21(35)22(24,25)26/h1-3,6-9,12,16-17H,4-5,10-11H2,(H,29,35)(H,30,33). The Kier molecular flexibility index (Phi) is 6.67. The molecule has 0 radical (unpaired) electrons. The highest BCUT2D eigenvalue weighted by Gasteiger charge is 2.39. The van der Waals surface area contributed by atoms with Gasteiger partial charge >= 0.3 is 12.1 Å². The lowest BCUT2D eigenvalue weighted by Crippen LogP contribution is -2.55. The van der Waals surface area contributed by atoms with Crippen LogP contribution in [-0.2, 0) is 9.59 Å². The van der Waals surface area contributed by atoms with Crippen LogP contribution >= 0.6 is 0 Å². The number of alkyl halides is 3. The van der Waals surface area contributed by atoms with Gasteiger partial charge in [-0.1, -0.05) is 12.1 Å². The predicted molar refractivity (Wildman–Crippen MR) is 114 cm³/mol. The van der Waals surface area contributed by atoms with Gasteiger partial charge in [0.15, 0.2) is 0 Å². The number of nitrogens with zero attached hydrogens (tertiary/aromatic N) is 4. The molecule has 1 aromatic carbocycles. The molecule has 3 heterocycles. The van der Waals surface area contributed by atoms with Gasteiger partial charge in [-0.2, -0.15) is 13.2 Å². The molecule has 0 saturated carbocycles. The van der Waals surface area contributed by atoms with E-state index in [1.807, 2.05) is 0 Å². The third-order valence-electron chi connectivity index (χ3n) is 5.74. The normalized spacial score (nSPS) is 18.3. The molecule has 2 N–H and O–H groups in total. The molecular weight excluding hydrogens is 472 g/mol. The van der Waals surface area contributed by atoms with Gasteiger partial charge in [0.05, 0.1) is 43.0 Å². The molecule has 0 spiro atoms. The van der Waals surface area contributed by atoms with Crippen molar-refractivity contribution in [2.75, 3.05) is 19.6 Å². The Morgan fingerprint density at radius 3 is 2.63 bits per heavy atom. The molecule has 3 aromatic rings. The molecule has 1 saturated heterocycles.